The van der Waals surface area contributed by atoms with Gasteiger partial charge in [-0.3, -0.25) is 4.55 Å². The number of fused-ring (bicyclic) bond motifs is 1. The summed E-state index contributed by atoms with van der Waals surface area (Å²) in [7, 11) is -4.28. The summed E-state index contributed by atoms with van der Waals surface area (Å²) in [4.78, 5) is 0.152. The van der Waals surface area contributed by atoms with Crippen molar-refractivity contribution < 1.29 is 32.4 Å². The molecule has 0 aromatic heterocycles. The van der Waals surface area contributed by atoms with Gasteiger partial charge in [0.15, 0.2) is 0 Å². The molecule has 0 aliphatic heterocycles. The first-order valence-electron chi connectivity index (χ1n) is 13.0. The van der Waals surface area contributed by atoms with Crippen LogP contribution in [-0.2, 0) is 42.4 Å². The van der Waals surface area contributed by atoms with Crippen LogP contribution in [0.5, 0.6) is 0 Å². The van der Waals surface area contributed by atoms with Gasteiger partial charge in [-0.1, -0.05) is 121 Å². The molecule has 182 valence electrons. The van der Waals surface area contributed by atoms with Crippen molar-refractivity contribution in [2.45, 2.75) is 121 Å². The van der Waals surface area contributed by atoms with Gasteiger partial charge in [0.1, 0.15) is 4.90 Å². The van der Waals surface area contributed by atoms with Crippen LogP contribution >= 0.6 is 0 Å². The van der Waals surface area contributed by atoms with Gasteiger partial charge < -0.3 is 0 Å². The first-order valence-corrected chi connectivity index (χ1v) is 14.4. The summed E-state index contributed by atoms with van der Waals surface area (Å²) in [5.74, 6) is 0. The molecule has 1 N–H and O–H groups in total. The molecular formula is C28H44O3SZn. The van der Waals surface area contributed by atoms with Crippen LogP contribution in [0.25, 0.3) is 10.8 Å². The second-order valence-electron chi connectivity index (χ2n) is 9.28. The Morgan fingerprint density at radius 1 is 0.697 bits per heavy atom. The van der Waals surface area contributed by atoms with Gasteiger partial charge in [-0.25, -0.2) is 0 Å². The Morgan fingerprint density at radius 2 is 1.18 bits per heavy atom. The zero-order valence-corrected chi connectivity index (χ0v) is 24.9. The Kier molecular flexibility index (Phi) is 15.4. The Morgan fingerprint density at radius 3 is 1.73 bits per heavy atom. The number of hydrogen-bond acceptors (Lipinski definition) is 2. The zero-order chi connectivity index (χ0) is 23.2. The third kappa shape index (κ3) is 10.6. The number of unbranched alkanes of at least 4 members (excludes halogenated alkanes) is 12. The van der Waals surface area contributed by atoms with E-state index in [0.717, 1.165) is 48.6 Å². The molecule has 0 saturated heterocycles. The fourth-order valence-corrected chi connectivity index (χ4v) is 5.74. The molecule has 0 bridgehead atoms. The summed E-state index contributed by atoms with van der Waals surface area (Å²) in [5, 5.41) is 1.55. The molecule has 0 fully saturated rings. The SMILES string of the molecule is CCCCCCCCCc1cc2ccccc2c(S(=O)(=O)O)c1CCCCCCCCC.[Zn]. The molecule has 0 amide bonds. The molecule has 3 nitrogen and oxygen atoms in total. The summed E-state index contributed by atoms with van der Waals surface area (Å²) in [6.45, 7) is 4.46. The first-order chi connectivity index (χ1) is 15.5. The van der Waals surface area contributed by atoms with Gasteiger partial charge >= 0.3 is 0 Å². The van der Waals surface area contributed by atoms with Crippen LogP contribution in [0.2, 0.25) is 0 Å². The van der Waals surface area contributed by atoms with Crippen LogP contribution in [0.15, 0.2) is 35.2 Å². The number of benzene rings is 2. The predicted octanol–water partition coefficient (Wildman–Crippen LogP) is 8.67. The molecule has 0 unspecified atom stereocenters. The van der Waals surface area contributed by atoms with Crippen molar-refractivity contribution in [1.29, 1.82) is 0 Å². The topological polar surface area (TPSA) is 54.4 Å². The third-order valence-corrected chi connectivity index (χ3v) is 7.52. The van der Waals surface area contributed by atoms with Crippen molar-refractivity contribution in [3.05, 3.63) is 41.5 Å². The minimum absolute atomic E-state index is 0. The molecule has 2 aromatic carbocycles. The van der Waals surface area contributed by atoms with Crippen LogP contribution in [0.1, 0.15) is 115 Å². The van der Waals surface area contributed by atoms with E-state index in [9.17, 15) is 13.0 Å². The van der Waals surface area contributed by atoms with E-state index in [4.69, 9.17) is 0 Å². The van der Waals surface area contributed by atoms with E-state index >= 15 is 0 Å². The summed E-state index contributed by atoms with van der Waals surface area (Å²) < 4.78 is 35.1. The molecule has 33 heavy (non-hydrogen) atoms. The second kappa shape index (κ2) is 16.8. The van der Waals surface area contributed by atoms with E-state index in [1.807, 2.05) is 24.3 Å². The largest absolute Gasteiger partial charge is 0.295 e. The summed E-state index contributed by atoms with van der Waals surface area (Å²) >= 11 is 0. The molecule has 0 atom stereocenters. The monoisotopic (exact) mass is 524 g/mol. The second-order valence-corrected chi connectivity index (χ2v) is 10.6. The van der Waals surface area contributed by atoms with Crippen LogP contribution in [-0.4, -0.2) is 13.0 Å². The maximum absolute atomic E-state index is 12.5. The van der Waals surface area contributed by atoms with Crippen molar-refractivity contribution in [2.24, 2.45) is 0 Å². The smallest absolute Gasteiger partial charge is 0.282 e. The average molecular weight is 526 g/mol. The van der Waals surface area contributed by atoms with Crippen molar-refractivity contribution in [3.63, 3.8) is 0 Å². The van der Waals surface area contributed by atoms with Gasteiger partial charge in [0.05, 0.1) is 0 Å². The molecule has 0 radical (unpaired) electrons. The first kappa shape index (κ1) is 30.3. The third-order valence-electron chi connectivity index (χ3n) is 6.53. The van der Waals surface area contributed by atoms with E-state index in [0.29, 0.717) is 5.39 Å². The van der Waals surface area contributed by atoms with Crippen molar-refractivity contribution in [3.8, 4) is 0 Å². The summed E-state index contributed by atoms with van der Waals surface area (Å²) in [5.41, 5.74) is 1.96. The Bertz CT molecular complexity index is 909. The minimum Gasteiger partial charge on any atom is -0.282 e. The van der Waals surface area contributed by atoms with Crippen molar-refractivity contribution >= 4 is 20.9 Å². The van der Waals surface area contributed by atoms with E-state index < -0.39 is 10.1 Å². The van der Waals surface area contributed by atoms with Crippen molar-refractivity contribution in [2.75, 3.05) is 0 Å². The van der Waals surface area contributed by atoms with E-state index in [2.05, 4.69) is 19.9 Å². The summed E-state index contributed by atoms with van der Waals surface area (Å²) in [6.07, 6.45) is 18.6. The summed E-state index contributed by atoms with van der Waals surface area (Å²) in [6, 6.07) is 9.73. The number of hydrogen-bond donors (Lipinski definition) is 1. The average Bonchev–Trinajstić information content (AvgIpc) is 2.76. The van der Waals surface area contributed by atoms with Gasteiger partial charge in [-0.15, -0.1) is 0 Å². The van der Waals surface area contributed by atoms with Gasteiger partial charge in [0, 0.05) is 24.9 Å². The van der Waals surface area contributed by atoms with Crippen LogP contribution in [0, 0.1) is 0 Å². The fraction of sp³-hybridized carbons (Fsp3) is 0.643. The molecular weight excluding hydrogens is 482 g/mol. The van der Waals surface area contributed by atoms with Crippen LogP contribution < -0.4 is 0 Å². The molecule has 5 heteroatoms. The molecule has 0 saturated carbocycles. The standard InChI is InChI=1S/C28H44O3S.Zn/c1-3-5-7-9-11-13-15-19-24-23-25-20-17-18-22-27(25)28(32(29,30)31)26(24)21-16-14-12-10-8-6-4-2;/h17-18,20,22-23H,3-16,19,21H2,1-2H3,(H,29,30,31);. The van der Waals surface area contributed by atoms with Crippen LogP contribution in [0.4, 0.5) is 0 Å². The maximum Gasteiger partial charge on any atom is 0.295 e. The van der Waals surface area contributed by atoms with E-state index in [1.54, 1.807) is 0 Å². The number of rotatable bonds is 17. The molecule has 0 aliphatic carbocycles. The minimum atomic E-state index is -4.28. The molecule has 2 aromatic rings. The molecule has 0 heterocycles. The van der Waals surface area contributed by atoms with Crippen LogP contribution in [0.3, 0.4) is 0 Å². The molecule has 2 rings (SSSR count). The van der Waals surface area contributed by atoms with E-state index in [-0.39, 0.29) is 24.4 Å². The normalized spacial score (nSPS) is 11.6. The predicted molar refractivity (Wildman–Crippen MR) is 137 cm³/mol. The zero-order valence-electron chi connectivity index (χ0n) is 21.1. The Labute approximate surface area is 215 Å². The van der Waals surface area contributed by atoms with Gasteiger partial charge in [0.25, 0.3) is 10.1 Å². The quantitative estimate of drug-likeness (QED) is 0.128. The van der Waals surface area contributed by atoms with Gasteiger partial charge in [-0.05, 0) is 42.2 Å². The van der Waals surface area contributed by atoms with E-state index in [1.165, 1.54) is 70.6 Å². The fourth-order valence-electron chi connectivity index (χ4n) is 4.74. The van der Waals surface area contributed by atoms with Gasteiger partial charge in [-0.2, -0.15) is 8.42 Å². The maximum atomic E-state index is 12.5. The van der Waals surface area contributed by atoms with Crippen molar-refractivity contribution in [1.82, 2.24) is 0 Å². The molecule has 0 aliphatic rings. The Balaban J connectivity index is 0.00000544. The Hall–Kier alpha value is -0.767. The molecule has 0 spiro atoms. The number of aryl methyl sites for hydroxylation is 1. The van der Waals surface area contributed by atoms with Gasteiger partial charge in [0.2, 0.25) is 0 Å².